The van der Waals surface area contributed by atoms with Gasteiger partial charge in [-0.3, -0.25) is 9.59 Å². The molecule has 0 saturated heterocycles. The highest BCUT2D eigenvalue weighted by Gasteiger charge is 2.48. The van der Waals surface area contributed by atoms with E-state index in [1.54, 1.807) is 0 Å². The Morgan fingerprint density at radius 1 is 1.40 bits per heavy atom. The molecule has 0 aliphatic heterocycles. The monoisotopic (exact) mass is 236 g/mol. The Hall–Kier alpha value is -1.15. The highest BCUT2D eigenvalue weighted by atomic mass is 32.2. The first kappa shape index (κ1) is 11.9. The zero-order valence-electron chi connectivity index (χ0n) is 7.84. The fourth-order valence-corrected chi connectivity index (χ4v) is 1.59. The summed E-state index contributed by atoms with van der Waals surface area (Å²) in [7, 11) is -3.59. The number of rotatable bonds is 5. The van der Waals surface area contributed by atoms with Crippen LogP contribution in [0, 0.1) is 11.8 Å². The average molecular weight is 236 g/mol. The van der Waals surface area contributed by atoms with Crippen LogP contribution in [-0.4, -0.2) is 37.7 Å². The number of nitrogens with two attached hydrogens (primary N) is 1. The molecule has 4 N–H and O–H groups in total. The Kier molecular flexibility index (Phi) is 3.30. The van der Waals surface area contributed by atoms with E-state index in [1.807, 2.05) is 0 Å². The molecule has 1 amide bonds. The molecule has 1 aliphatic rings. The Labute approximate surface area is 86.7 Å². The van der Waals surface area contributed by atoms with Crippen molar-refractivity contribution in [2.45, 2.75) is 6.42 Å². The molecule has 0 aromatic heterocycles. The van der Waals surface area contributed by atoms with Crippen LogP contribution in [0.25, 0.3) is 0 Å². The Morgan fingerprint density at radius 3 is 2.40 bits per heavy atom. The van der Waals surface area contributed by atoms with Crippen molar-refractivity contribution in [1.29, 1.82) is 0 Å². The van der Waals surface area contributed by atoms with Crippen LogP contribution < -0.4 is 10.5 Å². The van der Waals surface area contributed by atoms with Crippen LogP contribution >= 0.6 is 0 Å². The SMILES string of the molecule is NS(=O)(=O)CCNC(=O)[C@@H]1C[C@@H]1C(=O)O. The van der Waals surface area contributed by atoms with Crippen molar-refractivity contribution in [3.05, 3.63) is 0 Å². The van der Waals surface area contributed by atoms with Crippen LogP contribution in [0.3, 0.4) is 0 Å². The minimum Gasteiger partial charge on any atom is -0.481 e. The fourth-order valence-electron chi connectivity index (χ4n) is 1.21. The highest BCUT2D eigenvalue weighted by molar-refractivity contribution is 7.89. The van der Waals surface area contributed by atoms with Gasteiger partial charge in [0.05, 0.1) is 17.6 Å². The van der Waals surface area contributed by atoms with Gasteiger partial charge in [0, 0.05) is 6.54 Å². The smallest absolute Gasteiger partial charge is 0.307 e. The molecule has 0 unspecified atom stereocenters. The molecule has 0 radical (unpaired) electrons. The number of amides is 1. The highest BCUT2D eigenvalue weighted by Crippen LogP contribution is 2.38. The molecule has 0 bridgehead atoms. The molecule has 0 aromatic carbocycles. The van der Waals surface area contributed by atoms with Crippen LogP contribution in [0.5, 0.6) is 0 Å². The summed E-state index contributed by atoms with van der Waals surface area (Å²) in [6, 6.07) is 0. The summed E-state index contributed by atoms with van der Waals surface area (Å²) in [6.07, 6.45) is 0.316. The van der Waals surface area contributed by atoms with E-state index in [4.69, 9.17) is 10.2 Å². The minimum atomic E-state index is -3.59. The number of sulfonamides is 1. The van der Waals surface area contributed by atoms with Crippen molar-refractivity contribution in [2.75, 3.05) is 12.3 Å². The van der Waals surface area contributed by atoms with E-state index in [-0.39, 0.29) is 12.3 Å². The molecule has 1 saturated carbocycles. The number of aliphatic carboxylic acids is 1. The zero-order chi connectivity index (χ0) is 11.6. The van der Waals surface area contributed by atoms with Gasteiger partial charge in [0.2, 0.25) is 15.9 Å². The third kappa shape index (κ3) is 3.84. The molecule has 1 fully saturated rings. The largest absolute Gasteiger partial charge is 0.481 e. The van der Waals surface area contributed by atoms with Crippen molar-refractivity contribution in [3.8, 4) is 0 Å². The lowest BCUT2D eigenvalue weighted by molar-refractivity contribution is -0.140. The van der Waals surface area contributed by atoms with Gasteiger partial charge in [0.25, 0.3) is 0 Å². The second-order valence-corrected chi connectivity index (χ2v) is 5.18. The predicted octanol–water partition coefficient (Wildman–Crippen LogP) is -1.89. The van der Waals surface area contributed by atoms with Gasteiger partial charge in [-0.15, -0.1) is 0 Å². The molecular weight excluding hydrogens is 224 g/mol. The summed E-state index contributed by atoms with van der Waals surface area (Å²) in [6.45, 7) is -0.0828. The third-order valence-corrected chi connectivity index (χ3v) is 2.90. The summed E-state index contributed by atoms with van der Waals surface area (Å²) in [5.74, 6) is -2.92. The molecule has 86 valence electrons. The van der Waals surface area contributed by atoms with Gasteiger partial charge in [-0.2, -0.15) is 0 Å². The van der Waals surface area contributed by atoms with Crippen molar-refractivity contribution in [1.82, 2.24) is 5.32 Å². The number of hydrogen-bond acceptors (Lipinski definition) is 4. The lowest BCUT2D eigenvalue weighted by Gasteiger charge is -2.02. The number of carboxylic acids is 1. The maximum atomic E-state index is 11.2. The maximum Gasteiger partial charge on any atom is 0.307 e. The van der Waals surface area contributed by atoms with E-state index in [1.165, 1.54) is 0 Å². The van der Waals surface area contributed by atoms with Gasteiger partial charge < -0.3 is 10.4 Å². The van der Waals surface area contributed by atoms with Crippen molar-refractivity contribution in [3.63, 3.8) is 0 Å². The molecule has 0 aromatic rings. The Bertz CT molecular complexity index is 377. The molecule has 7 nitrogen and oxygen atoms in total. The Balaban J connectivity index is 2.25. The number of carbonyl (C=O) groups excluding carboxylic acids is 1. The summed E-state index contributed by atoms with van der Waals surface area (Å²) >= 11 is 0. The summed E-state index contributed by atoms with van der Waals surface area (Å²) in [5.41, 5.74) is 0. The van der Waals surface area contributed by atoms with Crippen LogP contribution in [0.1, 0.15) is 6.42 Å². The number of carboxylic acid groups (broad SMARTS) is 1. The van der Waals surface area contributed by atoms with Gasteiger partial charge in [-0.05, 0) is 6.42 Å². The summed E-state index contributed by atoms with van der Waals surface area (Å²) < 4.78 is 21.0. The number of carbonyl (C=O) groups is 2. The van der Waals surface area contributed by atoms with E-state index in [2.05, 4.69) is 5.32 Å². The van der Waals surface area contributed by atoms with Crippen LogP contribution in [0.4, 0.5) is 0 Å². The number of nitrogens with one attached hydrogen (secondary N) is 1. The molecule has 8 heteroatoms. The second-order valence-electron chi connectivity index (χ2n) is 3.44. The Morgan fingerprint density at radius 2 is 2.00 bits per heavy atom. The first-order valence-corrected chi connectivity index (χ1v) is 6.04. The topological polar surface area (TPSA) is 127 Å². The van der Waals surface area contributed by atoms with Crippen molar-refractivity contribution < 1.29 is 23.1 Å². The zero-order valence-corrected chi connectivity index (χ0v) is 8.66. The molecule has 2 atom stereocenters. The maximum absolute atomic E-state index is 11.2. The van der Waals surface area contributed by atoms with Gasteiger partial charge in [0.1, 0.15) is 0 Å². The first-order chi connectivity index (χ1) is 6.81. The second kappa shape index (κ2) is 4.15. The molecule has 1 aliphatic carbocycles. The van der Waals surface area contributed by atoms with Crippen molar-refractivity contribution in [2.24, 2.45) is 17.0 Å². The molecule has 0 heterocycles. The number of primary sulfonamides is 1. The number of hydrogen-bond donors (Lipinski definition) is 3. The van der Waals surface area contributed by atoms with Crippen LogP contribution in [0.15, 0.2) is 0 Å². The van der Waals surface area contributed by atoms with E-state index in [9.17, 15) is 18.0 Å². The van der Waals surface area contributed by atoms with Crippen LogP contribution in [0.2, 0.25) is 0 Å². The van der Waals surface area contributed by atoms with E-state index in [0.29, 0.717) is 6.42 Å². The van der Waals surface area contributed by atoms with Gasteiger partial charge >= 0.3 is 5.97 Å². The first-order valence-electron chi connectivity index (χ1n) is 4.32. The van der Waals surface area contributed by atoms with E-state index >= 15 is 0 Å². The van der Waals surface area contributed by atoms with Gasteiger partial charge in [0.15, 0.2) is 0 Å². The van der Waals surface area contributed by atoms with Crippen LogP contribution in [-0.2, 0) is 19.6 Å². The van der Waals surface area contributed by atoms with Gasteiger partial charge in [-0.25, -0.2) is 13.6 Å². The minimum absolute atomic E-state index is 0.0828. The lowest BCUT2D eigenvalue weighted by Crippen LogP contribution is -2.33. The van der Waals surface area contributed by atoms with E-state index < -0.39 is 33.7 Å². The molecule has 1 rings (SSSR count). The van der Waals surface area contributed by atoms with Crippen molar-refractivity contribution >= 4 is 21.9 Å². The van der Waals surface area contributed by atoms with E-state index in [0.717, 1.165) is 0 Å². The molecule has 0 spiro atoms. The lowest BCUT2D eigenvalue weighted by atomic mass is 10.3. The van der Waals surface area contributed by atoms with Gasteiger partial charge in [-0.1, -0.05) is 0 Å². The fraction of sp³-hybridized carbons (Fsp3) is 0.714. The quantitative estimate of drug-likeness (QED) is 0.514. The standard InChI is InChI=1S/C7H12N2O5S/c8-15(13,14)2-1-9-6(10)4-3-5(4)7(11)12/h4-5H,1-3H2,(H,9,10)(H,11,12)(H2,8,13,14)/t4-,5+/m1/s1. The normalized spacial score (nSPS) is 24.6. The molecule has 15 heavy (non-hydrogen) atoms. The summed E-state index contributed by atoms with van der Waals surface area (Å²) in [4.78, 5) is 21.6. The predicted molar refractivity (Wildman–Crippen MR) is 50.2 cm³/mol. The third-order valence-electron chi connectivity index (χ3n) is 2.13. The molecular formula is C7H12N2O5S. The summed E-state index contributed by atoms with van der Waals surface area (Å²) in [5, 5.41) is 15.6. The average Bonchev–Trinajstić information content (AvgIpc) is 2.79.